The molecular formula is C19H19N5O. The van der Waals surface area contributed by atoms with Gasteiger partial charge in [-0.3, -0.25) is 9.78 Å². The summed E-state index contributed by atoms with van der Waals surface area (Å²) in [5.74, 6) is 1.05. The van der Waals surface area contributed by atoms with Crippen LogP contribution in [-0.2, 0) is 0 Å². The molecule has 0 radical (unpaired) electrons. The molecule has 3 aromatic rings. The van der Waals surface area contributed by atoms with Crippen LogP contribution < -0.4 is 5.73 Å². The molecule has 1 aliphatic heterocycles. The Balaban J connectivity index is 1.67. The molecule has 25 heavy (non-hydrogen) atoms. The molecule has 2 N–H and O–H groups in total. The summed E-state index contributed by atoms with van der Waals surface area (Å²) in [4.78, 5) is 27.9. The minimum Gasteiger partial charge on any atom is -0.384 e. The Hall–Kier alpha value is -3.02. The van der Waals surface area contributed by atoms with E-state index < -0.39 is 0 Å². The number of aryl methyl sites for hydroxylation is 1. The molecule has 1 atom stereocenters. The van der Waals surface area contributed by atoms with Crippen molar-refractivity contribution in [3.05, 3.63) is 59.7 Å². The molecule has 6 nitrogen and oxygen atoms in total. The van der Waals surface area contributed by atoms with Crippen LogP contribution in [0.3, 0.4) is 0 Å². The van der Waals surface area contributed by atoms with Crippen molar-refractivity contribution in [3.8, 4) is 0 Å². The molecule has 1 saturated heterocycles. The van der Waals surface area contributed by atoms with Gasteiger partial charge in [0.05, 0.1) is 22.8 Å². The molecular weight excluding hydrogens is 314 g/mol. The van der Waals surface area contributed by atoms with Crippen molar-refractivity contribution in [2.24, 2.45) is 0 Å². The second-order valence-corrected chi connectivity index (χ2v) is 6.34. The van der Waals surface area contributed by atoms with Gasteiger partial charge in [0, 0.05) is 24.2 Å². The van der Waals surface area contributed by atoms with E-state index in [0.717, 1.165) is 29.4 Å². The number of fused-ring (bicyclic) bond motifs is 1. The quantitative estimate of drug-likeness (QED) is 0.779. The number of likely N-dealkylation sites (tertiary alicyclic amines) is 1. The van der Waals surface area contributed by atoms with Gasteiger partial charge in [-0.1, -0.05) is 18.2 Å². The molecule has 0 aliphatic carbocycles. The van der Waals surface area contributed by atoms with Crippen LogP contribution in [0.25, 0.3) is 10.9 Å². The van der Waals surface area contributed by atoms with E-state index in [1.165, 1.54) is 0 Å². The van der Waals surface area contributed by atoms with Gasteiger partial charge in [-0.05, 0) is 31.9 Å². The zero-order chi connectivity index (χ0) is 17.4. The Bertz CT molecular complexity index is 935. The lowest BCUT2D eigenvalue weighted by atomic mass is 10.1. The number of hydrogen-bond acceptors (Lipinski definition) is 5. The average molecular weight is 333 g/mol. The lowest BCUT2D eigenvalue weighted by molar-refractivity contribution is 0.0732. The van der Waals surface area contributed by atoms with E-state index in [4.69, 9.17) is 5.73 Å². The predicted molar refractivity (Wildman–Crippen MR) is 95.9 cm³/mol. The number of benzene rings is 1. The number of carbonyl (C=O) groups is 1. The van der Waals surface area contributed by atoms with Gasteiger partial charge >= 0.3 is 0 Å². The number of aromatic nitrogens is 3. The minimum absolute atomic E-state index is 0.0180. The fourth-order valence-corrected chi connectivity index (χ4v) is 3.46. The summed E-state index contributed by atoms with van der Waals surface area (Å²) in [6.07, 6.45) is 3.47. The van der Waals surface area contributed by atoms with E-state index in [2.05, 4.69) is 15.0 Å². The predicted octanol–water partition coefficient (Wildman–Crippen LogP) is 2.89. The van der Waals surface area contributed by atoms with E-state index in [1.54, 1.807) is 12.3 Å². The summed E-state index contributed by atoms with van der Waals surface area (Å²) in [6, 6.07) is 11.4. The number of nitrogen functional groups attached to an aromatic ring is 1. The summed E-state index contributed by atoms with van der Waals surface area (Å²) in [5, 5.41) is 0.964. The number of hydrogen-bond donors (Lipinski definition) is 1. The Labute approximate surface area is 145 Å². The zero-order valence-electron chi connectivity index (χ0n) is 14.0. The molecule has 0 bridgehead atoms. The molecule has 2 aromatic heterocycles. The lowest BCUT2D eigenvalue weighted by Gasteiger charge is -2.24. The first-order valence-corrected chi connectivity index (χ1v) is 8.38. The second kappa shape index (κ2) is 6.12. The van der Waals surface area contributed by atoms with Crippen molar-refractivity contribution in [3.63, 3.8) is 0 Å². The van der Waals surface area contributed by atoms with Crippen LogP contribution in [0.2, 0.25) is 0 Å². The maximum Gasteiger partial charge on any atom is 0.256 e. The second-order valence-electron chi connectivity index (χ2n) is 6.34. The molecule has 6 heteroatoms. The number of carbonyl (C=O) groups excluding carboxylic acids is 1. The summed E-state index contributed by atoms with van der Waals surface area (Å²) < 4.78 is 0. The summed E-state index contributed by atoms with van der Waals surface area (Å²) in [6.45, 7) is 2.52. The largest absolute Gasteiger partial charge is 0.384 e. The van der Waals surface area contributed by atoms with Crippen LogP contribution >= 0.6 is 0 Å². The first kappa shape index (κ1) is 15.5. The van der Waals surface area contributed by atoms with E-state index in [1.807, 2.05) is 42.2 Å². The number of para-hydroxylation sites is 1. The average Bonchev–Trinajstić information content (AvgIpc) is 3.09. The van der Waals surface area contributed by atoms with Crippen molar-refractivity contribution < 1.29 is 4.79 Å². The Morgan fingerprint density at radius 2 is 2.08 bits per heavy atom. The van der Waals surface area contributed by atoms with Crippen LogP contribution in [0.5, 0.6) is 0 Å². The fourth-order valence-electron chi connectivity index (χ4n) is 3.46. The molecule has 0 spiro atoms. The molecule has 1 aliphatic rings. The number of amides is 1. The van der Waals surface area contributed by atoms with E-state index in [-0.39, 0.29) is 11.9 Å². The lowest BCUT2D eigenvalue weighted by Crippen LogP contribution is -2.31. The van der Waals surface area contributed by atoms with Gasteiger partial charge in [-0.25, -0.2) is 9.97 Å². The Morgan fingerprint density at radius 1 is 1.24 bits per heavy atom. The normalized spacial score (nSPS) is 17.2. The molecule has 4 rings (SSSR count). The minimum atomic E-state index is -0.0667. The monoisotopic (exact) mass is 333 g/mol. The van der Waals surface area contributed by atoms with E-state index >= 15 is 0 Å². The number of nitrogens with zero attached hydrogens (tertiary/aromatic N) is 4. The molecule has 3 heterocycles. The van der Waals surface area contributed by atoms with Crippen molar-refractivity contribution in [2.45, 2.75) is 25.8 Å². The topological polar surface area (TPSA) is 85.0 Å². The number of pyridine rings is 1. The smallest absolute Gasteiger partial charge is 0.256 e. The molecule has 0 saturated carbocycles. The van der Waals surface area contributed by atoms with E-state index in [0.29, 0.717) is 23.8 Å². The summed E-state index contributed by atoms with van der Waals surface area (Å²) in [5.41, 5.74) is 8.15. The van der Waals surface area contributed by atoms with Gasteiger partial charge in [0.15, 0.2) is 0 Å². The van der Waals surface area contributed by atoms with Gasteiger partial charge in [-0.15, -0.1) is 0 Å². The maximum absolute atomic E-state index is 13.1. The highest BCUT2D eigenvalue weighted by atomic mass is 16.2. The Morgan fingerprint density at radius 3 is 2.92 bits per heavy atom. The highest BCUT2D eigenvalue weighted by molar-refractivity contribution is 5.97. The molecule has 0 unspecified atom stereocenters. The molecule has 126 valence electrons. The number of rotatable bonds is 2. The highest BCUT2D eigenvalue weighted by Gasteiger charge is 2.32. The highest BCUT2D eigenvalue weighted by Crippen LogP contribution is 2.32. The fraction of sp³-hybridized carbons (Fsp3) is 0.263. The maximum atomic E-state index is 13.1. The van der Waals surface area contributed by atoms with Crippen molar-refractivity contribution >= 4 is 22.6 Å². The summed E-state index contributed by atoms with van der Waals surface area (Å²) in [7, 11) is 0. The third-order valence-electron chi connectivity index (χ3n) is 4.57. The van der Waals surface area contributed by atoms with Gasteiger partial charge < -0.3 is 10.6 Å². The zero-order valence-corrected chi connectivity index (χ0v) is 14.0. The van der Waals surface area contributed by atoms with Crippen LogP contribution in [-0.4, -0.2) is 32.3 Å². The van der Waals surface area contributed by atoms with Gasteiger partial charge in [0.1, 0.15) is 11.6 Å². The van der Waals surface area contributed by atoms with Gasteiger partial charge in [0.25, 0.3) is 5.91 Å². The first-order valence-electron chi connectivity index (χ1n) is 8.38. The third-order valence-corrected chi connectivity index (χ3v) is 4.57. The van der Waals surface area contributed by atoms with Crippen LogP contribution in [0.4, 0.5) is 5.82 Å². The number of nitrogens with two attached hydrogens (primary N) is 1. The van der Waals surface area contributed by atoms with Crippen LogP contribution in [0.1, 0.15) is 40.8 Å². The summed E-state index contributed by atoms with van der Waals surface area (Å²) >= 11 is 0. The number of anilines is 1. The van der Waals surface area contributed by atoms with Crippen LogP contribution in [0.15, 0.2) is 42.6 Å². The molecule has 1 fully saturated rings. The van der Waals surface area contributed by atoms with Gasteiger partial charge in [-0.2, -0.15) is 0 Å². The third kappa shape index (κ3) is 2.91. The standard InChI is InChI=1S/C19H19N5O/c1-12-22-16(10-18(20)23-12)17-7-4-8-24(17)19(25)14-9-13-5-2-3-6-15(13)21-11-14/h2-3,5-6,9-11,17H,4,7-8H2,1H3,(H2,20,22,23)/t17-/m1/s1. The first-order chi connectivity index (χ1) is 12.1. The molecule has 1 aromatic carbocycles. The van der Waals surface area contributed by atoms with Gasteiger partial charge in [0.2, 0.25) is 0 Å². The van der Waals surface area contributed by atoms with Crippen LogP contribution in [0, 0.1) is 6.92 Å². The van der Waals surface area contributed by atoms with Crippen molar-refractivity contribution in [1.82, 2.24) is 19.9 Å². The van der Waals surface area contributed by atoms with E-state index in [9.17, 15) is 4.79 Å². The Kier molecular flexibility index (Phi) is 3.80. The molecule has 1 amide bonds. The van der Waals surface area contributed by atoms with Crippen molar-refractivity contribution in [2.75, 3.05) is 12.3 Å². The SMILES string of the molecule is Cc1nc(N)cc([C@H]2CCCN2C(=O)c2cnc3ccccc3c2)n1. The van der Waals surface area contributed by atoms with Crippen molar-refractivity contribution in [1.29, 1.82) is 0 Å².